The average molecular weight is 627 g/mol. The summed E-state index contributed by atoms with van der Waals surface area (Å²) in [5, 5.41) is 3.75. The van der Waals surface area contributed by atoms with E-state index in [4.69, 9.17) is 0 Å². The Balaban J connectivity index is 1.19. The summed E-state index contributed by atoms with van der Waals surface area (Å²) >= 11 is 0. The van der Waals surface area contributed by atoms with Crippen LogP contribution in [0.4, 0.5) is 0 Å². The van der Waals surface area contributed by atoms with Crippen molar-refractivity contribution in [1.82, 2.24) is 9.13 Å². The van der Waals surface area contributed by atoms with E-state index in [0.29, 0.717) is 0 Å². The molecule has 7 aromatic carbocycles. The molecular weight excluding hydrogens is 593 g/mol. The van der Waals surface area contributed by atoms with Crippen molar-refractivity contribution < 1.29 is 0 Å². The molecule has 0 fully saturated rings. The fourth-order valence-corrected chi connectivity index (χ4v) is 8.36. The summed E-state index contributed by atoms with van der Waals surface area (Å²) in [5.41, 5.74) is 16.4. The standard InChI is InChI=1S/C47H34N2/c1-47(2)42-19-11-9-17-36(42)37-26-23-33(29-43(37)47)31-21-24-35(25-22-31)49-44-20-12-10-18-38(44)39-27-28-40-41(32-13-5-3-6-14-32)30-48(45(40)46(39)49)34-15-7-4-8-16-34/h3-30H,1-2H3. The third kappa shape index (κ3) is 4.07. The van der Waals surface area contributed by atoms with Gasteiger partial charge in [-0.25, -0.2) is 0 Å². The Bertz CT molecular complexity index is 2710. The highest BCUT2D eigenvalue weighted by Crippen LogP contribution is 2.49. The maximum atomic E-state index is 2.47. The van der Waals surface area contributed by atoms with Gasteiger partial charge in [-0.15, -0.1) is 0 Å². The first-order valence-electron chi connectivity index (χ1n) is 17.1. The van der Waals surface area contributed by atoms with Gasteiger partial charge in [-0.2, -0.15) is 0 Å². The van der Waals surface area contributed by atoms with E-state index in [9.17, 15) is 0 Å². The van der Waals surface area contributed by atoms with Crippen LogP contribution in [0.5, 0.6) is 0 Å². The summed E-state index contributed by atoms with van der Waals surface area (Å²) in [6, 6.07) is 60.0. The lowest BCUT2D eigenvalue weighted by molar-refractivity contribution is 0.660. The number of aromatic nitrogens is 2. The topological polar surface area (TPSA) is 9.86 Å². The number of para-hydroxylation sites is 2. The van der Waals surface area contributed by atoms with Crippen LogP contribution >= 0.6 is 0 Å². The van der Waals surface area contributed by atoms with Crippen LogP contribution in [0.3, 0.4) is 0 Å². The predicted molar refractivity (Wildman–Crippen MR) is 206 cm³/mol. The molecule has 2 heteroatoms. The quantitative estimate of drug-likeness (QED) is 0.184. The molecule has 10 rings (SSSR count). The molecule has 0 amide bonds. The molecule has 0 atom stereocenters. The number of hydrogen-bond donors (Lipinski definition) is 0. The molecule has 1 aliphatic rings. The molecule has 2 heterocycles. The number of fused-ring (bicyclic) bond motifs is 8. The van der Waals surface area contributed by atoms with Crippen molar-refractivity contribution in [3.8, 4) is 44.8 Å². The van der Waals surface area contributed by atoms with E-state index in [2.05, 4.69) is 193 Å². The van der Waals surface area contributed by atoms with E-state index in [0.717, 1.165) is 11.4 Å². The Morgan fingerprint density at radius 3 is 1.88 bits per heavy atom. The van der Waals surface area contributed by atoms with Gasteiger partial charge in [0, 0.05) is 44.7 Å². The third-order valence-electron chi connectivity index (χ3n) is 10.8. The Kier molecular flexibility index (Phi) is 5.95. The number of benzene rings is 7. The molecule has 2 aromatic heterocycles. The zero-order valence-corrected chi connectivity index (χ0v) is 27.6. The van der Waals surface area contributed by atoms with Crippen molar-refractivity contribution in [3.05, 3.63) is 181 Å². The molecule has 0 aliphatic heterocycles. The number of hydrogen-bond acceptors (Lipinski definition) is 0. The van der Waals surface area contributed by atoms with Crippen molar-refractivity contribution in [2.24, 2.45) is 0 Å². The fourth-order valence-electron chi connectivity index (χ4n) is 8.36. The normalized spacial score (nSPS) is 13.3. The van der Waals surface area contributed by atoms with Crippen LogP contribution < -0.4 is 0 Å². The molecule has 0 saturated carbocycles. The molecule has 0 saturated heterocycles. The molecule has 0 bridgehead atoms. The summed E-state index contributed by atoms with van der Waals surface area (Å²) < 4.78 is 4.85. The van der Waals surface area contributed by atoms with Crippen LogP contribution in [0.25, 0.3) is 77.5 Å². The lowest BCUT2D eigenvalue weighted by atomic mass is 9.81. The predicted octanol–water partition coefficient (Wildman–Crippen LogP) is 12.4. The van der Waals surface area contributed by atoms with Gasteiger partial charge in [-0.3, -0.25) is 0 Å². The SMILES string of the molecule is CC1(C)c2ccccc2-c2ccc(-c3ccc(-n4c5ccccc5c5ccc6c(-c7ccccc7)cn(-c7ccccc7)c6c54)cc3)cc21. The third-order valence-corrected chi connectivity index (χ3v) is 10.8. The molecule has 232 valence electrons. The zero-order chi connectivity index (χ0) is 32.7. The highest BCUT2D eigenvalue weighted by molar-refractivity contribution is 6.20. The second-order valence-electron chi connectivity index (χ2n) is 13.8. The first-order valence-corrected chi connectivity index (χ1v) is 17.1. The highest BCUT2D eigenvalue weighted by Gasteiger charge is 2.35. The van der Waals surface area contributed by atoms with Crippen LogP contribution in [-0.4, -0.2) is 9.13 Å². The van der Waals surface area contributed by atoms with Crippen LogP contribution in [0, 0.1) is 0 Å². The van der Waals surface area contributed by atoms with Crippen LogP contribution in [-0.2, 0) is 5.41 Å². The molecule has 9 aromatic rings. The van der Waals surface area contributed by atoms with Crippen LogP contribution in [0.2, 0.25) is 0 Å². The fraction of sp³-hybridized carbons (Fsp3) is 0.0638. The second-order valence-corrected chi connectivity index (χ2v) is 13.8. The van der Waals surface area contributed by atoms with Crippen molar-refractivity contribution in [3.63, 3.8) is 0 Å². The van der Waals surface area contributed by atoms with E-state index < -0.39 is 0 Å². The summed E-state index contributed by atoms with van der Waals surface area (Å²) in [4.78, 5) is 0. The van der Waals surface area contributed by atoms with Crippen LogP contribution in [0.15, 0.2) is 170 Å². The van der Waals surface area contributed by atoms with Crippen molar-refractivity contribution in [2.75, 3.05) is 0 Å². The Labute approximate surface area is 286 Å². The largest absolute Gasteiger partial charge is 0.314 e. The molecule has 0 radical (unpaired) electrons. The molecule has 1 aliphatic carbocycles. The van der Waals surface area contributed by atoms with Gasteiger partial charge in [0.15, 0.2) is 0 Å². The lowest BCUT2D eigenvalue weighted by Crippen LogP contribution is -2.14. The second kappa shape index (κ2) is 10.4. The first-order chi connectivity index (χ1) is 24.1. The van der Waals surface area contributed by atoms with E-state index in [1.165, 1.54) is 77.2 Å². The smallest absolute Gasteiger partial charge is 0.0788 e. The lowest BCUT2D eigenvalue weighted by Gasteiger charge is -2.22. The highest BCUT2D eigenvalue weighted by atomic mass is 15.0. The van der Waals surface area contributed by atoms with Gasteiger partial charge in [0.2, 0.25) is 0 Å². The minimum atomic E-state index is -0.0253. The van der Waals surface area contributed by atoms with Gasteiger partial charge in [0.05, 0.1) is 16.6 Å². The molecule has 2 nitrogen and oxygen atoms in total. The summed E-state index contributed by atoms with van der Waals surface area (Å²) in [7, 11) is 0. The minimum absolute atomic E-state index is 0.0253. The van der Waals surface area contributed by atoms with E-state index >= 15 is 0 Å². The van der Waals surface area contributed by atoms with Gasteiger partial charge >= 0.3 is 0 Å². The van der Waals surface area contributed by atoms with Crippen LogP contribution in [0.1, 0.15) is 25.0 Å². The van der Waals surface area contributed by atoms with Crippen molar-refractivity contribution in [1.29, 1.82) is 0 Å². The van der Waals surface area contributed by atoms with Gasteiger partial charge < -0.3 is 9.13 Å². The summed E-state index contributed by atoms with van der Waals surface area (Å²) in [5.74, 6) is 0. The molecule has 0 unspecified atom stereocenters. The summed E-state index contributed by atoms with van der Waals surface area (Å²) in [6.45, 7) is 4.70. The average Bonchev–Trinajstić information content (AvgIpc) is 3.79. The molecular formula is C47H34N2. The number of nitrogens with zero attached hydrogens (tertiary/aromatic N) is 2. The van der Waals surface area contributed by atoms with Crippen molar-refractivity contribution >= 4 is 32.7 Å². The molecule has 0 N–H and O–H groups in total. The van der Waals surface area contributed by atoms with Crippen molar-refractivity contribution in [2.45, 2.75) is 19.3 Å². The molecule has 0 spiro atoms. The van der Waals surface area contributed by atoms with Gasteiger partial charge in [0.25, 0.3) is 0 Å². The molecule has 49 heavy (non-hydrogen) atoms. The van der Waals surface area contributed by atoms with E-state index in [1.807, 2.05) is 0 Å². The Hall–Kier alpha value is -6.12. The van der Waals surface area contributed by atoms with E-state index in [1.54, 1.807) is 0 Å². The monoisotopic (exact) mass is 626 g/mol. The maximum absolute atomic E-state index is 2.47. The Morgan fingerprint density at radius 2 is 1.06 bits per heavy atom. The Morgan fingerprint density at radius 1 is 0.408 bits per heavy atom. The zero-order valence-electron chi connectivity index (χ0n) is 27.6. The van der Waals surface area contributed by atoms with Gasteiger partial charge in [-0.1, -0.05) is 141 Å². The maximum Gasteiger partial charge on any atom is 0.0788 e. The number of rotatable bonds is 4. The van der Waals surface area contributed by atoms with Gasteiger partial charge in [-0.05, 0) is 75.3 Å². The first kappa shape index (κ1) is 27.9. The minimum Gasteiger partial charge on any atom is -0.314 e. The van der Waals surface area contributed by atoms with Gasteiger partial charge in [0.1, 0.15) is 0 Å². The van der Waals surface area contributed by atoms with E-state index in [-0.39, 0.29) is 5.41 Å². The summed E-state index contributed by atoms with van der Waals surface area (Å²) in [6.07, 6.45) is 2.31.